The average molecular weight is 424 g/mol. The second-order valence-corrected chi connectivity index (χ2v) is 10.2. The first-order valence-corrected chi connectivity index (χ1v) is 12.3. The predicted molar refractivity (Wildman–Crippen MR) is 113 cm³/mol. The summed E-state index contributed by atoms with van der Waals surface area (Å²) < 4.78 is 32.4. The van der Waals surface area contributed by atoms with E-state index in [-0.39, 0.29) is 24.2 Å². The molecule has 162 valence electrons. The molecule has 1 saturated heterocycles. The van der Waals surface area contributed by atoms with Crippen LogP contribution in [0, 0.1) is 0 Å². The predicted octanol–water partition coefficient (Wildman–Crippen LogP) is 2.40. The monoisotopic (exact) mass is 423 g/mol. The molecule has 2 aliphatic rings. The number of nitrogens with zero attached hydrogens (tertiary/aromatic N) is 2. The van der Waals surface area contributed by atoms with E-state index in [4.69, 9.17) is 4.74 Å². The molecule has 1 aliphatic heterocycles. The van der Waals surface area contributed by atoms with Gasteiger partial charge in [-0.05, 0) is 43.6 Å². The van der Waals surface area contributed by atoms with E-state index in [0.717, 1.165) is 31.9 Å². The third-order valence-electron chi connectivity index (χ3n) is 5.99. The summed E-state index contributed by atoms with van der Waals surface area (Å²) in [4.78, 5) is 15.8. The molecule has 0 radical (unpaired) electrons. The topological polar surface area (TPSA) is 79.0 Å². The van der Waals surface area contributed by atoms with E-state index in [1.54, 1.807) is 19.0 Å². The molecule has 0 bridgehead atoms. The van der Waals surface area contributed by atoms with Crippen LogP contribution >= 0.6 is 0 Å². The summed E-state index contributed by atoms with van der Waals surface area (Å²) in [6, 6.07) is 9.89. The van der Waals surface area contributed by atoms with Gasteiger partial charge in [0.05, 0.1) is 25.0 Å². The number of ether oxygens (including phenoxy) is 1. The SMILES string of the molecule is CN(C)C(=O)N1CC[C@H](NS(C)(=O)=O)[C@@H]1COC1CCC(c2ccccc2)CC1. The van der Waals surface area contributed by atoms with E-state index >= 15 is 0 Å². The standard InChI is InChI=1S/C21H33N3O4S/c1-23(2)21(25)24-14-13-19(22-29(3,26)27)20(24)15-28-18-11-9-17(10-12-18)16-7-5-4-6-8-16/h4-8,17-20,22H,9-15H2,1-3H3/t17?,18?,19-,20-/m0/s1. The number of benzene rings is 1. The molecule has 1 aliphatic carbocycles. The summed E-state index contributed by atoms with van der Waals surface area (Å²) in [6.45, 7) is 0.881. The maximum atomic E-state index is 12.5. The Morgan fingerprint density at radius 3 is 2.38 bits per heavy atom. The van der Waals surface area contributed by atoms with Crippen molar-refractivity contribution >= 4 is 16.1 Å². The molecule has 7 nitrogen and oxygen atoms in total. The van der Waals surface area contributed by atoms with Crippen LogP contribution in [0.4, 0.5) is 4.79 Å². The Balaban J connectivity index is 1.58. The minimum atomic E-state index is -3.35. The summed E-state index contributed by atoms with van der Waals surface area (Å²) in [5.41, 5.74) is 1.39. The van der Waals surface area contributed by atoms with Crippen LogP contribution in [0.25, 0.3) is 0 Å². The van der Waals surface area contributed by atoms with Crippen molar-refractivity contribution in [2.24, 2.45) is 0 Å². The third-order valence-corrected chi connectivity index (χ3v) is 6.72. The van der Waals surface area contributed by atoms with Crippen molar-refractivity contribution in [1.82, 2.24) is 14.5 Å². The Hall–Kier alpha value is -1.64. The highest BCUT2D eigenvalue weighted by molar-refractivity contribution is 7.88. The summed E-state index contributed by atoms with van der Waals surface area (Å²) in [5.74, 6) is 0.578. The normalized spacial score (nSPS) is 27.8. The molecule has 8 heteroatoms. The first kappa shape index (κ1) is 22.1. The Bertz CT molecular complexity index is 776. The van der Waals surface area contributed by atoms with Gasteiger partial charge in [0.2, 0.25) is 10.0 Å². The van der Waals surface area contributed by atoms with Crippen molar-refractivity contribution in [3.8, 4) is 0 Å². The second kappa shape index (κ2) is 9.45. The second-order valence-electron chi connectivity index (χ2n) is 8.44. The summed E-state index contributed by atoms with van der Waals surface area (Å²) >= 11 is 0. The summed E-state index contributed by atoms with van der Waals surface area (Å²) in [6.07, 6.45) is 6.06. The van der Waals surface area contributed by atoms with Gasteiger partial charge < -0.3 is 14.5 Å². The number of rotatable bonds is 6. The Labute approximate surface area is 174 Å². The number of nitrogens with one attached hydrogen (secondary N) is 1. The van der Waals surface area contributed by atoms with Gasteiger partial charge in [-0.25, -0.2) is 17.9 Å². The van der Waals surface area contributed by atoms with Gasteiger partial charge in [0.15, 0.2) is 0 Å². The van der Waals surface area contributed by atoms with Crippen molar-refractivity contribution in [2.75, 3.05) is 33.5 Å². The Morgan fingerprint density at radius 2 is 1.79 bits per heavy atom. The van der Waals surface area contributed by atoms with Crippen molar-refractivity contribution in [3.05, 3.63) is 35.9 Å². The van der Waals surface area contributed by atoms with Crippen LogP contribution in [-0.2, 0) is 14.8 Å². The number of carbonyl (C=O) groups is 1. The molecule has 3 rings (SSSR count). The van der Waals surface area contributed by atoms with E-state index in [1.807, 2.05) is 6.07 Å². The summed E-state index contributed by atoms with van der Waals surface area (Å²) in [5, 5.41) is 0. The zero-order chi connectivity index (χ0) is 21.0. The van der Waals surface area contributed by atoms with Crippen LogP contribution in [0.3, 0.4) is 0 Å². The fourth-order valence-electron chi connectivity index (χ4n) is 4.49. The van der Waals surface area contributed by atoms with Gasteiger partial charge in [-0.2, -0.15) is 0 Å². The fraction of sp³-hybridized carbons (Fsp3) is 0.667. The summed E-state index contributed by atoms with van der Waals surface area (Å²) in [7, 11) is 0.0734. The van der Waals surface area contributed by atoms with Crippen LogP contribution in [0.2, 0.25) is 0 Å². The molecule has 2 fully saturated rings. The van der Waals surface area contributed by atoms with E-state index < -0.39 is 10.0 Å². The van der Waals surface area contributed by atoms with Gasteiger partial charge in [0.1, 0.15) is 0 Å². The molecule has 0 unspecified atom stereocenters. The van der Waals surface area contributed by atoms with E-state index in [1.165, 1.54) is 10.5 Å². The maximum Gasteiger partial charge on any atom is 0.319 e. The van der Waals surface area contributed by atoms with Gasteiger partial charge in [-0.1, -0.05) is 30.3 Å². The van der Waals surface area contributed by atoms with Gasteiger partial charge in [-0.3, -0.25) is 0 Å². The van der Waals surface area contributed by atoms with Crippen molar-refractivity contribution in [3.63, 3.8) is 0 Å². The molecule has 1 aromatic carbocycles. The molecule has 1 heterocycles. The lowest BCUT2D eigenvalue weighted by Gasteiger charge is -2.33. The molecule has 1 aromatic rings. The van der Waals surface area contributed by atoms with Crippen LogP contribution in [0.1, 0.15) is 43.6 Å². The minimum absolute atomic E-state index is 0.107. The highest BCUT2D eigenvalue weighted by Gasteiger charge is 2.39. The van der Waals surface area contributed by atoms with Gasteiger partial charge >= 0.3 is 6.03 Å². The third kappa shape index (κ3) is 5.93. The molecule has 1 N–H and O–H groups in total. The molecule has 2 atom stereocenters. The van der Waals surface area contributed by atoms with Crippen molar-refractivity contribution in [1.29, 1.82) is 0 Å². The fourth-order valence-corrected chi connectivity index (χ4v) is 5.31. The number of urea groups is 1. The Morgan fingerprint density at radius 1 is 1.14 bits per heavy atom. The average Bonchev–Trinajstić information content (AvgIpc) is 3.07. The number of sulfonamides is 1. The van der Waals surface area contributed by atoms with Crippen molar-refractivity contribution < 1.29 is 17.9 Å². The minimum Gasteiger partial charge on any atom is -0.376 e. The molecule has 1 saturated carbocycles. The largest absolute Gasteiger partial charge is 0.376 e. The number of hydrogen-bond acceptors (Lipinski definition) is 4. The number of hydrogen-bond donors (Lipinski definition) is 1. The quantitative estimate of drug-likeness (QED) is 0.762. The number of likely N-dealkylation sites (tertiary alicyclic amines) is 1. The number of amides is 2. The van der Waals surface area contributed by atoms with Gasteiger partial charge in [0.25, 0.3) is 0 Å². The lowest BCUT2D eigenvalue weighted by molar-refractivity contribution is -0.00207. The number of carbonyl (C=O) groups excluding carboxylic acids is 1. The molecule has 0 aromatic heterocycles. The highest BCUT2D eigenvalue weighted by atomic mass is 32.2. The van der Waals surface area contributed by atoms with E-state index in [9.17, 15) is 13.2 Å². The van der Waals surface area contributed by atoms with Crippen LogP contribution in [0.15, 0.2) is 30.3 Å². The molecular weight excluding hydrogens is 390 g/mol. The zero-order valence-electron chi connectivity index (χ0n) is 17.6. The lowest BCUT2D eigenvalue weighted by Crippen LogP contribution is -2.51. The van der Waals surface area contributed by atoms with Crippen LogP contribution < -0.4 is 4.72 Å². The van der Waals surface area contributed by atoms with E-state index in [0.29, 0.717) is 25.5 Å². The molecule has 2 amide bonds. The van der Waals surface area contributed by atoms with Crippen LogP contribution in [0.5, 0.6) is 0 Å². The van der Waals surface area contributed by atoms with Gasteiger partial charge in [0, 0.05) is 26.7 Å². The first-order valence-electron chi connectivity index (χ1n) is 10.4. The zero-order valence-corrected chi connectivity index (χ0v) is 18.4. The first-order chi connectivity index (χ1) is 13.7. The van der Waals surface area contributed by atoms with Crippen molar-refractivity contribution in [2.45, 2.75) is 56.2 Å². The smallest absolute Gasteiger partial charge is 0.319 e. The lowest BCUT2D eigenvalue weighted by atomic mass is 9.83. The van der Waals surface area contributed by atoms with Crippen LogP contribution in [-0.4, -0.2) is 75.9 Å². The highest BCUT2D eigenvalue weighted by Crippen LogP contribution is 2.34. The molecule has 0 spiro atoms. The molecular formula is C21H33N3O4S. The molecule has 29 heavy (non-hydrogen) atoms. The maximum absolute atomic E-state index is 12.5. The van der Waals surface area contributed by atoms with E-state index in [2.05, 4.69) is 29.0 Å². The van der Waals surface area contributed by atoms with Gasteiger partial charge in [-0.15, -0.1) is 0 Å². The Kier molecular flexibility index (Phi) is 7.19.